The summed E-state index contributed by atoms with van der Waals surface area (Å²) in [6, 6.07) is 6.89. The Morgan fingerprint density at radius 3 is 2.80 bits per heavy atom. The summed E-state index contributed by atoms with van der Waals surface area (Å²) in [5, 5.41) is 3.32. The number of nitrogens with one attached hydrogen (secondary N) is 1. The highest BCUT2D eigenvalue weighted by atomic mass is 32.2. The van der Waals surface area contributed by atoms with Crippen molar-refractivity contribution in [2.75, 3.05) is 19.6 Å². The summed E-state index contributed by atoms with van der Waals surface area (Å²) in [6.45, 7) is 2.59. The van der Waals surface area contributed by atoms with Gasteiger partial charge in [0.1, 0.15) is 11.2 Å². The van der Waals surface area contributed by atoms with Crippen molar-refractivity contribution in [1.29, 1.82) is 0 Å². The molecule has 1 saturated heterocycles. The number of aliphatic imine (C=N–C) groups is 1. The lowest BCUT2D eigenvalue weighted by atomic mass is 9.95. The summed E-state index contributed by atoms with van der Waals surface area (Å²) < 4.78 is 26.4. The molecule has 0 spiro atoms. The van der Waals surface area contributed by atoms with Crippen LogP contribution >= 0.6 is 0 Å². The molecule has 0 aromatic heterocycles. The fourth-order valence-electron chi connectivity index (χ4n) is 2.76. The number of rotatable bonds is 3. The van der Waals surface area contributed by atoms with Crippen LogP contribution in [-0.2, 0) is 10.0 Å². The molecule has 1 N–H and O–H groups in total. The molecule has 0 amide bonds. The van der Waals surface area contributed by atoms with Gasteiger partial charge in [-0.15, -0.1) is 0 Å². The molecule has 1 aromatic rings. The van der Waals surface area contributed by atoms with E-state index in [0.29, 0.717) is 23.0 Å². The lowest BCUT2D eigenvalue weighted by Crippen LogP contribution is -2.35. The lowest BCUT2D eigenvalue weighted by Gasteiger charge is -2.27. The predicted octanol–water partition coefficient (Wildman–Crippen LogP) is 1.74. The molecule has 0 aliphatic carbocycles. The highest BCUT2D eigenvalue weighted by Crippen LogP contribution is 2.30. The lowest BCUT2D eigenvalue weighted by molar-refractivity contribution is 0.339. The Bertz CT molecular complexity index is 607. The molecule has 1 fully saturated rings. The predicted molar refractivity (Wildman–Crippen MR) is 78.7 cm³/mol. The van der Waals surface area contributed by atoms with Crippen LogP contribution in [0.1, 0.15) is 19.3 Å². The van der Waals surface area contributed by atoms with Crippen molar-refractivity contribution in [3.05, 3.63) is 24.3 Å². The number of nitrogens with zero attached hydrogens (tertiary/aromatic N) is 2. The maximum absolute atomic E-state index is 12.5. The minimum Gasteiger partial charge on any atom is -0.317 e. The quantitative estimate of drug-likeness (QED) is 0.923. The molecule has 0 bridgehead atoms. The molecular weight excluding hydrogens is 274 g/mol. The Hall–Kier alpha value is -1.40. The van der Waals surface area contributed by atoms with Gasteiger partial charge in [0.25, 0.3) is 10.0 Å². The van der Waals surface area contributed by atoms with Gasteiger partial charge in [-0.3, -0.25) is 4.31 Å². The van der Waals surface area contributed by atoms with Crippen molar-refractivity contribution in [3.63, 3.8) is 0 Å². The minimum absolute atomic E-state index is 0.313. The average Bonchev–Trinajstić information content (AvgIpc) is 2.48. The third-order valence-corrected chi connectivity index (χ3v) is 5.79. The van der Waals surface area contributed by atoms with E-state index in [9.17, 15) is 8.42 Å². The molecule has 0 radical (unpaired) electrons. The maximum Gasteiger partial charge on any atom is 0.267 e. The van der Waals surface area contributed by atoms with Crippen LogP contribution in [0.15, 0.2) is 34.2 Å². The van der Waals surface area contributed by atoms with Gasteiger partial charge in [0.2, 0.25) is 0 Å². The fourth-order valence-corrected chi connectivity index (χ4v) is 4.16. The van der Waals surface area contributed by atoms with Gasteiger partial charge < -0.3 is 5.32 Å². The van der Waals surface area contributed by atoms with Gasteiger partial charge in [-0.2, -0.15) is 0 Å². The summed E-state index contributed by atoms with van der Waals surface area (Å²) >= 11 is 0. The minimum atomic E-state index is -3.42. The molecule has 0 saturated carbocycles. The molecule has 1 aromatic carbocycles. The van der Waals surface area contributed by atoms with Crippen molar-refractivity contribution < 1.29 is 8.42 Å². The maximum atomic E-state index is 12.5. The second kappa shape index (κ2) is 5.54. The summed E-state index contributed by atoms with van der Waals surface area (Å²) in [7, 11) is -3.42. The van der Waals surface area contributed by atoms with Crippen LogP contribution in [0.4, 0.5) is 5.69 Å². The number of piperidine rings is 1. The first kappa shape index (κ1) is 13.6. The Morgan fingerprint density at radius 1 is 1.25 bits per heavy atom. The SMILES string of the molecule is O=S1(=O)c2ccccc2N=CN1CCC1CCNCC1. The van der Waals surface area contributed by atoms with Crippen LogP contribution < -0.4 is 5.32 Å². The van der Waals surface area contributed by atoms with Crippen LogP contribution in [0.25, 0.3) is 0 Å². The van der Waals surface area contributed by atoms with Crippen LogP contribution in [0.5, 0.6) is 0 Å². The van der Waals surface area contributed by atoms with Gasteiger partial charge in [0, 0.05) is 6.54 Å². The van der Waals surface area contributed by atoms with Crippen LogP contribution in [0.3, 0.4) is 0 Å². The van der Waals surface area contributed by atoms with Gasteiger partial charge >= 0.3 is 0 Å². The van der Waals surface area contributed by atoms with E-state index in [1.54, 1.807) is 24.3 Å². The normalized spacial score (nSPS) is 21.7. The van der Waals surface area contributed by atoms with Crippen LogP contribution in [-0.4, -0.2) is 38.7 Å². The van der Waals surface area contributed by atoms with E-state index >= 15 is 0 Å². The zero-order chi connectivity index (χ0) is 14.0. The second-order valence-corrected chi connectivity index (χ2v) is 7.17. The van der Waals surface area contributed by atoms with Crippen molar-refractivity contribution in [3.8, 4) is 0 Å². The summed E-state index contributed by atoms with van der Waals surface area (Å²) in [5.41, 5.74) is 0.533. The van der Waals surface area contributed by atoms with Gasteiger partial charge in [-0.05, 0) is 50.4 Å². The van der Waals surface area contributed by atoms with E-state index in [-0.39, 0.29) is 0 Å². The largest absolute Gasteiger partial charge is 0.317 e. The molecule has 6 heteroatoms. The van der Waals surface area contributed by atoms with Crippen LogP contribution in [0.2, 0.25) is 0 Å². The third-order valence-electron chi connectivity index (χ3n) is 3.99. The highest BCUT2D eigenvalue weighted by molar-refractivity contribution is 7.89. The number of fused-ring (bicyclic) bond motifs is 1. The molecule has 0 atom stereocenters. The Labute approximate surface area is 119 Å². The monoisotopic (exact) mass is 293 g/mol. The molecule has 2 aliphatic heterocycles. The zero-order valence-electron chi connectivity index (χ0n) is 11.3. The van der Waals surface area contributed by atoms with Gasteiger partial charge in [0.15, 0.2) is 0 Å². The number of benzene rings is 1. The number of para-hydroxylation sites is 1. The summed E-state index contributed by atoms with van der Waals surface area (Å²) in [5.74, 6) is 0.608. The molecule has 20 heavy (non-hydrogen) atoms. The van der Waals surface area contributed by atoms with Crippen molar-refractivity contribution in [2.45, 2.75) is 24.2 Å². The smallest absolute Gasteiger partial charge is 0.267 e. The number of hydrogen-bond acceptors (Lipinski definition) is 4. The van der Waals surface area contributed by atoms with E-state index in [1.807, 2.05) is 0 Å². The van der Waals surface area contributed by atoms with Crippen molar-refractivity contribution in [2.24, 2.45) is 10.9 Å². The first-order chi connectivity index (χ1) is 9.68. The van der Waals surface area contributed by atoms with Gasteiger partial charge in [-0.25, -0.2) is 13.4 Å². The van der Waals surface area contributed by atoms with E-state index < -0.39 is 10.0 Å². The third kappa shape index (κ3) is 2.58. The molecule has 2 aliphatic rings. The number of hydrogen-bond donors (Lipinski definition) is 1. The topological polar surface area (TPSA) is 61.8 Å². The Balaban J connectivity index is 1.72. The standard InChI is InChI=1S/C14H19N3O2S/c18-20(19)14-4-2-1-3-13(14)16-11-17(20)10-7-12-5-8-15-9-6-12/h1-4,11-12,15H,5-10H2. The molecule has 0 unspecified atom stereocenters. The molecule has 3 rings (SSSR count). The van der Waals surface area contributed by atoms with E-state index in [0.717, 1.165) is 32.4 Å². The molecular formula is C14H19N3O2S. The summed E-state index contributed by atoms with van der Waals surface area (Å²) in [6.07, 6.45) is 4.61. The molecule has 5 nitrogen and oxygen atoms in total. The average molecular weight is 293 g/mol. The van der Waals surface area contributed by atoms with Crippen molar-refractivity contribution >= 4 is 22.0 Å². The highest BCUT2D eigenvalue weighted by Gasteiger charge is 2.28. The zero-order valence-corrected chi connectivity index (χ0v) is 12.1. The van der Waals surface area contributed by atoms with E-state index in [2.05, 4.69) is 10.3 Å². The first-order valence-electron chi connectivity index (χ1n) is 7.04. The van der Waals surface area contributed by atoms with Gasteiger partial charge in [0.05, 0.1) is 5.69 Å². The van der Waals surface area contributed by atoms with Crippen LogP contribution in [0, 0.1) is 5.92 Å². The Morgan fingerprint density at radius 2 is 2.00 bits per heavy atom. The Kier molecular flexibility index (Phi) is 3.76. The fraction of sp³-hybridized carbons (Fsp3) is 0.500. The molecule has 108 valence electrons. The van der Waals surface area contributed by atoms with Gasteiger partial charge in [-0.1, -0.05) is 12.1 Å². The van der Waals surface area contributed by atoms with Crippen molar-refractivity contribution in [1.82, 2.24) is 9.62 Å². The molecule has 2 heterocycles. The van der Waals surface area contributed by atoms with E-state index in [1.165, 1.54) is 10.6 Å². The first-order valence-corrected chi connectivity index (χ1v) is 8.48. The number of sulfonamides is 1. The second-order valence-electron chi connectivity index (χ2n) is 5.31. The summed E-state index contributed by atoms with van der Waals surface area (Å²) in [4.78, 5) is 4.56. The van der Waals surface area contributed by atoms with E-state index in [4.69, 9.17) is 0 Å².